The van der Waals surface area contributed by atoms with Crippen molar-refractivity contribution in [2.45, 2.75) is 0 Å². The lowest BCUT2D eigenvalue weighted by atomic mass is 9.94. The van der Waals surface area contributed by atoms with E-state index in [-0.39, 0.29) is 5.56 Å². The van der Waals surface area contributed by atoms with E-state index in [0.29, 0.717) is 23.3 Å². The summed E-state index contributed by atoms with van der Waals surface area (Å²) in [6, 6.07) is 68.1. The normalized spacial score (nSPS) is 10.9. The largest absolute Gasteiger partial charge is 0.478 e. The van der Waals surface area contributed by atoms with Gasteiger partial charge in [0.05, 0.1) is 27.6 Å². The zero-order valence-electron chi connectivity index (χ0n) is 32.2. The fourth-order valence-electron chi connectivity index (χ4n) is 7.66. The zero-order chi connectivity index (χ0) is 40.8. The van der Waals surface area contributed by atoms with Crippen LogP contribution >= 0.6 is 0 Å². The molecule has 0 bridgehead atoms. The molecule has 0 radical (unpaired) electrons. The van der Waals surface area contributed by atoms with Crippen molar-refractivity contribution in [1.82, 2.24) is 19.1 Å². The minimum absolute atomic E-state index is 0.166. The molecule has 8 aromatic carbocycles. The molecule has 10 rings (SSSR count). The van der Waals surface area contributed by atoms with Crippen molar-refractivity contribution in [3.8, 4) is 62.2 Å². The average molecular weight is 781 g/mol. The van der Waals surface area contributed by atoms with Gasteiger partial charge in [-0.3, -0.25) is 13.9 Å². The molecule has 8 nitrogen and oxygen atoms in total. The Balaban J connectivity index is 0.000000216. The number of aromatic nitrogens is 4. The maximum absolute atomic E-state index is 11.2. The second kappa shape index (κ2) is 16.6. The topological polar surface area (TPSA) is 99.2 Å². The Kier molecular flexibility index (Phi) is 10.3. The molecule has 8 heteroatoms. The first-order valence-electron chi connectivity index (χ1n) is 19.4. The van der Waals surface area contributed by atoms with Crippen molar-refractivity contribution < 1.29 is 19.4 Å². The Morgan fingerprint density at radius 2 is 0.817 bits per heavy atom. The fourth-order valence-corrected chi connectivity index (χ4v) is 7.66. The second-order valence-corrected chi connectivity index (χ2v) is 13.8. The number of nitrogens with zero attached hydrogens (tertiary/aromatic N) is 4. The van der Waals surface area contributed by atoms with Crippen molar-refractivity contribution in [3.63, 3.8) is 0 Å². The van der Waals surface area contributed by atoms with Crippen LogP contribution in [0, 0.1) is 0 Å². The molecule has 0 aliphatic rings. The summed E-state index contributed by atoms with van der Waals surface area (Å²) in [6.45, 7) is 0.322. The van der Waals surface area contributed by atoms with Crippen molar-refractivity contribution in [3.05, 3.63) is 212 Å². The van der Waals surface area contributed by atoms with Crippen LogP contribution in [0.2, 0.25) is 0 Å². The van der Waals surface area contributed by atoms with Gasteiger partial charge in [0.25, 0.3) is 6.47 Å². The van der Waals surface area contributed by atoms with Gasteiger partial charge in [0.15, 0.2) is 0 Å². The molecule has 288 valence electrons. The fraction of sp³-hybridized carbons (Fsp3) is 0. The number of carbonyl (C=O) groups excluding carboxylic acids is 1. The van der Waals surface area contributed by atoms with Crippen molar-refractivity contribution in [1.29, 1.82) is 0 Å². The molecule has 60 heavy (non-hydrogen) atoms. The molecule has 0 amide bonds. The summed E-state index contributed by atoms with van der Waals surface area (Å²) in [7, 11) is 0. The molecular weight excluding hydrogens is 745 g/mol. The molecule has 0 unspecified atom stereocenters. The van der Waals surface area contributed by atoms with E-state index < -0.39 is 5.97 Å². The van der Waals surface area contributed by atoms with Crippen LogP contribution in [-0.4, -0.2) is 36.7 Å². The minimum Gasteiger partial charge on any atom is -0.478 e. The monoisotopic (exact) mass is 780 g/mol. The molecule has 1 N–H and O–H groups in total. The van der Waals surface area contributed by atoms with Gasteiger partial charge in [-0.2, -0.15) is 0 Å². The number of para-hydroxylation sites is 7. The molecular formula is C52H36N4O4. The molecule has 0 fully saturated rings. The van der Waals surface area contributed by atoms with E-state index in [1.54, 1.807) is 42.5 Å². The number of benzene rings is 8. The number of carbonyl (C=O) groups is 2. The van der Waals surface area contributed by atoms with Gasteiger partial charge in [0, 0.05) is 28.1 Å². The van der Waals surface area contributed by atoms with Crippen LogP contribution in [0.4, 0.5) is 0 Å². The highest BCUT2D eigenvalue weighted by atomic mass is 16.5. The number of imidazole rings is 2. The van der Waals surface area contributed by atoms with Crippen LogP contribution in [-0.2, 0) is 4.79 Å². The standard InChI is InChI=1S/C38H26N4.C14H10O4/c1-3-15-27(16-4-1)41-35-25-13-11-23-33(35)39-37(41)31-21-9-7-19-29(31)30-20-8-10-22-32(30)38-40-34-24-12-14-26-36(34)42(38)28-17-5-2-6-18-28;15-9-18-13-8-4-3-6-11(13)10-5-1-2-7-12(10)14(16)17/h1-26H;1-9H,(H,16,17). The zero-order valence-corrected chi connectivity index (χ0v) is 32.2. The lowest BCUT2D eigenvalue weighted by Crippen LogP contribution is -2.01. The van der Waals surface area contributed by atoms with E-state index in [2.05, 4.69) is 143 Å². The van der Waals surface area contributed by atoms with Crippen molar-refractivity contribution >= 4 is 34.5 Å². The summed E-state index contributed by atoms with van der Waals surface area (Å²) in [5, 5.41) is 9.14. The third kappa shape index (κ3) is 7.10. The van der Waals surface area contributed by atoms with Crippen LogP contribution in [0.5, 0.6) is 5.75 Å². The number of fused-ring (bicyclic) bond motifs is 2. The highest BCUT2D eigenvalue weighted by molar-refractivity contribution is 5.97. The molecule has 0 saturated carbocycles. The van der Waals surface area contributed by atoms with Gasteiger partial charge >= 0.3 is 5.97 Å². The first-order valence-corrected chi connectivity index (χ1v) is 19.4. The number of carboxylic acids is 1. The highest BCUT2D eigenvalue weighted by Gasteiger charge is 2.22. The predicted octanol–water partition coefficient (Wildman–Crippen LogP) is 12.0. The summed E-state index contributed by atoms with van der Waals surface area (Å²) in [5.74, 6) is 1.13. The summed E-state index contributed by atoms with van der Waals surface area (Å²) >= 11 is 0. The maximum atomic E-state index is 11.2. The number of hydrogen-bond acceptors (Lipinski definition) is 5. The number of ether oxygens (including phenoxy) is 1. The summed E-state index contributed by atoms with van der Waals surface area (Å²) in [4.78, 5) is 32.0. The van der Waals surface area contributed by atoms with Crippen LogP contribution in [0.15, 0.2) is 206 Å². The van der Waals surface area contributed by atoms with Gasteiger partial charge in [0.1, 0.15) is 17.4 Å². The predicted molar refractivity (Wildman–Crippen MR) is 238 cm³/mol. The Hall–Kier alpha value is -8.36. The first-order chi connectivity index (χ1) is 29.6. The second-order valence-electron chi connectivity index (χ2n) is 13.8. The van der Waals surface area contributed by atoms with Crippen LogP contribution in [0.3, 0.4) is 0 Å². The van der Waals surface area contributed by atoms with Crippen molar-refractivity contribution in [2.24, 2.45) is 0 Å². The van der Waals surface area contributed by atoms with Gasteiger partial charge in [-0.15, -0.1) is 0 Å². The average Bonchev–Trinajstić information content (AvgIpc) is 3.90. The smallest absolute Gasteiger partial charge is 0.336 e. The number of aromatic carboxylic acids is 1. The Labute approximate surface area is 345 Å². The highest BCUT2D eigenvalue weighted by Crippen LogP contribution is 2.41. The van der Waals surface area contributed by atoms with Gasteiger partial charge in [-0.1, -0.05) is 146 Å². The summed E-state index contributed by atoms with van der Waals surface area (Å²) in [6.07, 6.45) is 0. The molecule has 0 atom stereocenters. The summed E-state index contributed by atoms with van der Waals surface area (Å²) < 4.78 is 9.37. The van der Waals surface area contributed by atoms with Crippen LogP contribution in [0.1, 0.15) is 10.4 Å². The lowest BCUT2D eigenvalue weighted by molar-refractivity contribution is -0.120. The Bertz CT molecular complexity index is 2980. The molecule has 2 heterocycles. The third-order valence-electron chi connectivity index (χ3n) is 10.3. The van der Waals surface area contributed by atoms with E-state index in [1.807, 2.05) is 24.3 Å². The van der Waals surface area contributed by atoms with Gasteiger partial charge in [0.2, 0.25) is 0 Å². The molecule has 0 aliphatic heterocycles. The van der Waals surface area contributed by atoms with E-state index >= 15 is 0 Å². The SMILES string of the molecule is O=COc1ccccc1-c1ccccc1C(=O)O.c1ccc(-n2c(-c3ccccc3-c3ccccc3-c3nc4ccccc4n3-c3ccccc3)nc3ccccc32)cc1. The van der Waals surface area contributed by atoms with E-state index in [4.69, 9.17) is 19.8 Å². The third-order valence-corrected chi connectivity index (χ3v) is 10.3. The van der Waals surface area contributed by atoms with Gasteiger partial charge < -0.3 is 9.84 Å². The van der Waals surface area contributed by atoms with Crippen molar-refractivity contribution in [2.75, 3.05) is 0 Å². The first kappa shape index (κ1) is 37.2. The maximum Gasteiger partial charge on any atom is 0.336 e. The number of hydrogen-bond donors (Lipinski definition) is 1. The summed E-state index contributed by atoms with van der Waals surface area (Å²) in [5.41, 5.74) is 11.8. The van der Waals surface area contributed by atoms with Crippen LogP contribution in [0.25, 0.3) is 78.5 Å². The molecule has 0 saturated heterocycles. The van der Waals surface area contributed by atoms with E-state index in [9.17, 15) is 9.59 Å². The molecule has 2 aromatic heterocycles. The Morgan fingerprint density at radius 1 is 0.433 bits per heavy atom. The molecule has 10 aromatic rings. The minimum atomic E-state index is -1.02. The molecule has 0 aliphatic carbocycles. The van der Waals surface area contributed by atoms with E-state index in [1.165, 1.54) is 6.07 Å². The van der Waals surface area contributed by atoms with E-state index in [0.717, 1.165) is 67.3 Å². The lowest BCUT2D eigenvalue weighted by Gasteiger charge is -2.16. The van der Waals surface area contributed by atoms with Gasteiger partial charge in [-0.05, 0) is 77.4 Å². The number of rotatable bonds is 9. The quantitative estimate of drug-likeness (QED) is 0.146. The number of carboxylic acid groups (broad SMARTS) is 1. The van der Waals surface area contributed by atoms with Crippen LogP contribution < -0.4 is 4.74 Å². The van der Waals surface area contributed by atoms with Gasteiger partial charge in [-0.25, -0.2) is 14.8 Å². The Morgan fingerprint density at radius 3 is 1.30 bits per heavy atom. The molecule has 0 spiro atoms.